The van der Waals surface area contributed by atoms with E-state index in [-0.39, 0.29) is 17.7 Å². The van der Waals surface area contributed by atoms with Gasteiger partial charge in [0, 0.05) is 30.4 Å². The number of ether oxygens (including phenoxy) is 1. The molecule has 0 spiro atoms. The maximum atomic E-state index is 12.2. The van der Waals surface area contributed by atoms with Crippen molar-refractivity contribution in [2.75, 3.05) is 13.2 Å². The number of rotatable bonds is 3. The van der Waals surface area contributed by atoms with Gasteiger partial charge in [0.1, 0.15) is 5.75 Å². The van der Waals surface area contributed by atoms with Crippen molar-refractivity contribution < 1.29 is 14.6 Å². The SMILES string of the molecule is Cc1c(O)cccc1C(=O)NC(C)C1CCOCC1. The third-order valence-corrected chi connectivity index (χ3v) is 3.88. The molecule has 1 saturated heterocycles. The summed E-state index contributed by atoms with van der Waals surface area (Å²) in [5, 5.41) is 12.7. The predicted octanol–water partition coefficient (Wildman–Crippen LogP) is 2.25. The van der Waals surface area contributed by atoms with E-state index in [9.17, 15) is 9.90 Å². The van der Waals surface area contributed by atoms with Crippen LogP contribution in [-0.4, -0.2) is 30.3 Å². The quantitative estimate of drug-likeness (QED) is 0.879. The lowest BCUT2D eigenvalue weighted by molar-refractivity contribution is 0.0538. The normalized spacial score (nSPS) is 18.0. The molecule has 1 amide bonds. The molecule has 1 aliphatic rings. The molecule has 2 rings (SSSR count). The molecule has 0 aromatic heterocycles. The Bertz CT molecular complexity index is 453. The van der Waals surface area contributed by atoms with E-state index in [1.54, 1.807) is 25.1 Å². The van der Waals surface area contributed by atoms with Gasteiger partial charge in [0.2, 0.25) is 0 Å². The third-order valence-electron chi connectivity index (χ3n) is 3.88. The monoisotopic (exact) mass is 263 g/mol. The van der Waals surface area contributed by atoms with Crippen LogP contribution in [0.3, 0.4) is 0 Å². The number of amides is 1. The molecule has 1 aliphatic heterocycles. The Morgan fingerprint density at radius 2 is 2.11 bits per heavy atom. The number of hydrogen-bond acceptors (Lipinski definition) is 3. The Kier molecular flexibility index (Phi) is 4.43. The minimum atomic E-state index is -0.118. The van der Waals surface area contributed by atoms with E-state index in [0.29, 0.717) is 17.0 Å². The Morgan fingerprint density at radius 3 is 2.79 bits per heavy atom. The molecule has 0 radical (unpaired) electrons. The molecule has 4 nitrogen and oxygen atoms in total. The summed E-state index contributed by atoms with van der Waals surface area (Å²) in [6.45, 7) is 5.33. The fraction of sp³-hybridized carbons (Fsp3) is 0.533. The Hall–Kier alpha value is -1.55. The lowest BCUT2D eigenvalue weighted by Gasteiger charge is -2.28. The molecule has 1 atom stereocenters. The minimum Gasteiger partial charge on any atom is -0.508 e. The summed E-state index contributed by atoms with van der Waals surface area (Å²) in [6.07, 6.45) is 1.97. The van der Waals surface area contributed by atoms with E-state index in [4.69, 9.17) is 4.74 Å². The molecule has 1 heterocycles. The van der Waals surface area contributed by atoms with Gasteiger partial charge in [-0.1, -0.05) is 6.07 Å². The van der Waals surface area contributed by atoms with Crippen LogP contribution in [-0.2, 0) is 4.74 Å². The molecule has 0 aliphatic carbocycles. The maximum Gasteiger partial charge on any atom is 0.251 e. The van der Waals surface area contributed by atoms with E-state index >= 15 is 0 Å². The van der Waals surface area contributed by atoms with Crippen molar-refractivity contribution in [1.82, 2.24) is 5.32 Å². The molecule has 2 N–H and O–H groups in total. The molecule has 0 bridgehead atoms. The van der Waals surface area contributed by atoms with Gasteiger partial charge in [-0.3, -0.25) is 4.79 Å². The van der Waals surface area contributed by atoms with E-state index < -0.39 is 0 Å². The van der Waals surface area contributed by atoms with E-state index in [1.165, 1.54) is 0 Å². The zero-order valence-corrected chi connectivity index (χ0v) is 11.5. The average molecular weight is 263 g/mol. The molecule has 104 valence electrons. The third kappa shape index (κ3) is 3.26. The van der Waals surface area contributed by atoms with Crippen LogP contribution < -0.4 is 5.32 Å². The molecule has 19 heavy (non-hydrogen) atoms. The van der Waals surface area contributed by atoms with Gasteiger partial charge in [-0.25, -0.2) is 0 Å². The lowest BCUT2D eigenvalue weighted by atomic mass is 9.92. The predicted molar refractivity (Wildman–Crippen MR) is 73.3 cm³/mol. The van der Waals surface area contributed by atoms with Gasteiger partial charge in [-0.15, -0.1) is 0 Å². The standard InChI is InChI=1S/C15H21NO3/c1-10-13(4-3-5-14(10)17)15(18)16-11(2)12-6-8-19-9-7-12/h3-5,11-12,17H,6-9H2,1-2H3,(H,16,18). The van der Waals surface area contributed by atoms with Crippen LogP contribution in [0.2, 0.25) is 0 Å². The van der Waals surface area contributed by atoms with Gasteiger partial charge < -0.3 is 15.2 Å². The van der Waals surface area contributed by atoms with Gasteiger partial charge in [-0.2, -0.15) is 0 Å². The number of phenols is 1. The van der Waals surface area contributed by atoms with Crippen LogP contribution in [0.25, 0.3) is 0 Å². The molecule has 1 aromatic carbocycles. The highest BCUT2D eigenvalue weighted by molar-refractivity contribution is 5.96. The minimum absolute atomic E-state index is 0.118. The molecular weight excluding hydrogens is 242 g/mol. The zero-order valence-electron chi connectivity index (χ0n) is 11.5. The molecule has 0 saturated carbocycles. The fourth-order valence-electron chi connectivity index (χ4n) is 2.49. The number of aromatic hydroxyl groups is 1. The summed E-state index contributed by atoms with van der Waals surface area (Å²) >= 11 is 0. The molecule has 4 heteroatoms. The van der Waals surface area contributed by atoms with Crippen molar-refractivity contribution in [1.29, 1.82) is 0 Å². The maximum absolute atomic E-state index is 12.2. The summed E-state index contributed by atoms with van der Waals surface area (Å²) in [6, 6.07) is 5.14. The Morgan fingerprint density at radius 1 is 1.42 bits per heavy atom. The molecular formula is C15H21NO3. The first-order valence-electron chi connectivity index (χ1n) is 6.76. The second-order valence-corrected chi connectivity index (χ2v) is 5.16. The van der Waals surface area contributed by atoms with Gasteiger partial charge in [0.05, 0.1) is 0 Å². The zero-order chi connectivity index (χ0) is 13.8. The van der Waals surface area contributed by atoms with Crippen molar-refractivity contribution in [2.24, 2.45) is 5.92 Å². The summed E-state index contributed by atoms with van der Waals surface area (Å²) < 4.78 is 5.33. The topological polar surface area (TPSA) is 58.6 Å². The van der Waals surface area contributed by atoms with Crippen molar-refractivity contribution in [3.05, 3.63) is 29.3 Å². The number of nitrogens with one attached hydrogen (secondary N) is 1. The second kappa shape index (κ2) is 6.06. The van der Waals surface area contributed by atoms with Crippen molar-refractivity contribution >= 4 is 5.91 Å². The van der Waals surface area contributed by atoms with Crippen LogP contribution in [0, 0.1) is 12.8 Å². The Labute approximate surface area is 113 Å². The largest absolute Gasteiger partial charge is 0.508 e. The van der Waals surface area contributed by atoms with Crippen LogP contribution in [0.4, 0.5) is 0 Å². The smallest absolute Gasteiger partial charge is 0.251 e. The molecule has 1 unspecified atom stereocenters. The number of carbonyl (C=O) groups is 1. The lowest BCUT2D eigenvalue weighted by Crippen LogP contribution is -2.40. The fourth-order valence-corrected chi connectivity index (χ4v) is 2.49. The van der Waals surface area contributed by atoms with E-state index in [1.807, 2.05) is 6.92 Å². The molecule has 1 fully saturated rings. The number of benzene rings is 1. The van der Waals surface area contributed by atoms with E-state index in [2.05, 4.69) is 5.32 Å². The van der Waals surface area contributed by atoms with Gasteiger partial charge in [-0.05, 0) is 44.7 Å². The second-order valence-electron chi connectivity index (χ2n) is 5.16. The van der Waals surface area contributed by atoms with Crippen molar-refractivity contribution in [2.45, 2.75) is 32.7 Å². The van der Waals surface area contributed by atoms with Crippen LogP contribution in [0.1, 0.15) is 35.7 Å². The van der Waals surface area contributed by atoms with Crippen LogP contribution in [0.15, 0.2) is 18.2 Å². The first-order valence-corrected chi connectivity index (χ1v) is 6.76. The Balaban J connectivity index is 2.02. The number of carbonyl (C=O) groups excluding carboxylic acids is 1. The summed E-state index contributed by atoms with van der Waals surface area (Å²) in [7, 11) is 0. The first-order chi connectivity index (χ1) is 9.09. The van der Waals surface area contributed by atoms with Crippen molar-refractivity contribution in [3.8, 4) is 5.75 Å². The summed E-state index contributed by atoms with van der Waals surface area (Å²) in [4.78, 5) is 12.2. The van der Waals surface area contributed by atoms with Gasteiger partial charge >= 0.3 is 0 Å². The number of hydrogen-bond donors (Lipinski definition) is 2. The van der Waals surface area contributed by atoms with Gasteiger partial charge in [0.25, 0.3) is 5.91 Å². The molecule has 1 aromatic rings. The average Bonchev–Trinajstić information content (AvgIpc) is 2.42. The number of phenolic OH excluding ortho intramolecular Hbond substituents is 1. The van der Waals surface area contributed by atoms with E-state index in [0.717, 1.165) is 26.1 Å². The first kappa shape index (κ1) is 13.9. The van der Waals surface area contributed by atoms with Crippen molar-refractivity contribution in [3.63, 3.8) is 0 Å². The highest BCUT2D eigenvalue weighted by atomic mass is 16.5. The summed E-state index contributed by atoms with van der Waals surface area (Å²) in [5.41, 5.74) is 1.16. The summed E-state index contributed by atoms with van der Waals surface area (Å²) in [5.74, 6) is 0.508. The van der Waals surface area contributed by atoms with Gasteiger partial charge in [0.15, 0.2) is 0 Å². The highest BCUT2D eigenvalue weighted by Crippen LogP contribution is 2.21. The highest BCUT2D eigenvalue weighted by Gasteiger charge is 2.22. The van der Waals surface area contributed by atoms with Crippen LogP contribution >= 0.6 is 0 Å². The van der Waals surface area contributed by atoms with Crippen LogP contribution in [0.5, 0.6) is 5.75 Å².